The molecule has 0 heterocycles. The smallest absolute Gasteiger partial charge is 0.308 e. The van der Waals surface area contributed by atoms with Crippen molar-refractivity contribution >= 4 is 25.4 Å². The second-order valence-corrected chi connectivity index (χ2v) is 7.27. The van der Waals surface area contributed by atoms with E-state index in [-0.39, 0.29) is 11.2 Å². The van der Waals surface area contributed by atoms with Crippen LogP contribution in [0.4, 0.5) is 0 Å². The SMILES string of the molecule is CCOP(=O)(C/N=C/C1(Cl)CCCCC1)OCC. The molecule has 1 aliphatic carbocycles. The van der Waals surface area contributed by atoms with Crippen LogP contribution in [0.1, 0.15) is 46.0 Å². The third-order valence-corrected chi connectivity index (χ3v) is 5.20. The second-order valence-electron chi connectivity index (χ2n) is 4.49. The van der Waals surface area contributed by atoms with E-state index in [1.807, 2.05) is 0 Å². The van der Waals surface area contributed by atoms with Crippen LogP contribution in [0, 0.1) is 0 Å². The number of hydrogen-bond donors (Lipinski definition) is 0. The van der Waals surface area contributed by atoms with Crippen molar-refractivity contribution in [2.45, 2.75) is 50.8 Å². The summed E-state index contributed by atoms with van der Waals surface area (Å²) in [6.07, 6.45) is 7.16. The van der Waals surface area contributed by atoms with Crippen LogP contribution in [0.3, 0.4) is 0 Å². The lowest BCUT2D eigenvalue weighted by molar-refractivity contribution is 0.221. The standard InChI is InChI=1S/C12H23ClNO3P/c1-3-16-18(15,17-4-2)11-14-10-12(13)8-6-5-7-9-12/h10H,3-9,11H2,1-2H3/b14-10+. The minimum Gasteiger partial charge on any atom is -0.308 e. The fourth-order valence-corrected chi connectivity index (χ4v) is 3.73. The molecule has 0 amide bonds. The first-order chi connectivity index (χ1) is 8.54. The van der Waals surface area contributed by atoms with Crippen molar-refractivity contribution in [3.63, 3.8) is 0 Å². The predicted octanol–water partition coefficient (Wildman–Crippen LogP) is 4.22. The number of halogens is 1. The van der Waals surface area contributed by atoms with E-state index in [2.05, 4.69) is 4.99 Å². The molecule has 1 fully saturated rings. The summed E-state index contributed by atoms with van der Waals surface area (Å²) in [5.41, 5.74) is 0. The van der Waals surface area contributed by atoms with Crippen molar-refractivity contribution in [2.75, 3.05) is 19.5 Å². The molecule has 18 heavy (non-hydrogen) atoms. The Bertz CT molecular complexity index is 306. The van der Waals surface area contributed by atoms with Gasteiger partial charge in [0.1, 0.15) is 6.29 Å². The van der Waals surface area contributed by atoms with Crippen LogP contribution < -0.4 is 0 Å². The van der Waals surface area contributed by atoms with Gasteiger partial charge in [-0.1, -0.05) is 19.3 Å². The molecule has 4 nitrogen and oxygen atoms in total. The maximum atomic E-state index is 12.2. The number of rotatable bonds is 7. The lowest BCUT2D eigenvalue weighted by Crippen LogP contribution is -2.26. The highest BCUT2D eigenvalue weighted by molar-refractivity contribution is 7.53. The monoisotopic (exact) mass is 295 g/mol. The summed E-state index contributed by atoms with van der Waals surface area (Å²) in [6.45, 7) is 4.30. The van der Waals surface area contributed by atoms with Gasteiger partial charge >= 0.3 is 7.60 Å². The third kappa shape index (κ3) is 5.40. The molecule has 0 unspecified atom stereocenters. The Morgan fingerprint density at radius 1 is 1.22 bits per heavy atom. The Kier molecular flexibility index (Phi) is 6.86. The second kappa shape index (κ2) is 7.64. The molecule has 1 aliphatic rings. The zero-order valence-electron chi connectivity index (χ0n) is 11.2. The Morgan fingerprint density at radius 3 is 2.28 bits per heavy atom. The topological polar surface area (TPSA) is 47.9 Å². The maximum Gasteiger partial charge on any atom is 0.351 e. The molecule has 0 radical (unpaired) electrons. The first kappa shape index (κ1) is 16.2. The quantitative estimate of drug-likeness (QED) is 0.401. The van der Waals surface area contributed by atoms with E-state index < -0.39 is 7.60 Å². The lowest BCUT2D eigenvalue weighted by atomic mass is 9.89. The summed E-state index contributed by atoms with van der Waals surface area (Å²) in [6, 6.07) is 0. The van der Waals surface area contributed by atoms with Crippen LogP contribution in [0.15, 0.2) is 4.99 Å². The Balaban J connectivity index is 2.52. The average Bonchev–Trinajstić information content (AvgIpc) is 2.30. The highest BCUT2D eigenvalue weighted by Gasteiger charge is 2.28. The van der Waals surface area contributed by atoms with E-state index in [9.17, 15) is 4.57 Å². The highest BCUT2D eigenvalue weighted by atomic mass is 35.5. The molecule has 0 saturated heterocycles. The molecule has 0 spiro atoms. The van der Waals surface area contributed by atoms with Crippen LogP contribution in [-0.2, 0) is 13.6 Å². The molecule has 0 aromatic rings. The molecule has 0 aromatic carbocycles. The fraction of sp³-hybridized carbons (Fsp3) is 0.917. The predicted molar refractivity (Wildman–Crippen MR) is 75.9 cm³/mol. The molecule has 106 valence electrons. The van der Waals surface area contributed by atoms with Crippen molar-refractivity contribution in [3.8, 4) is 0 Å². The third-order valence-electron chi connectivity index (χ3n) is 2.91. The van der Waals surface area contributed by atoms with Crippen molar-refractivity contribution in [1.29, 1.82) is 0 Å². The van der Waals surface area contributed by atoms with Gasteiger partial charge in [-0.05, 0) is 26.7 Å². The molecule has 1 rings (SSSR count). The first-order valence-electron chi connectivity index (χ1n) is 6.61. The van der Waals surface area contributed by atoms with Gasteiger partial charge in [0.05, 0.1) is 18.1 Å². The summed E-state index contributed by atoms with van der Waals surface area (Å²) >= 11 is 6.44. The molecule has 0 atom stereocenters. The van der Waals surface area contributed by atoms with Gasteiger partial charge in [0.2, 0.25) is 0 Å². The number of nitrogens with zero attached hydrogens (tertiary/aromatic N) is 1. The fourth-order valence-electron chi connectivity index (χ4n) is 2.09. The largest absolute Gasteiger partial charge is 0.351 e. The number of hydrogen-bond acceptors (Lipinski definition) is 4. The van der Waals surface area contributed by atoms with E-state index >= 15 is 0 Å². The molecule has 0 bridgehead atoms. The minimum absolute atomic E-state index is 0.0587. The molecular formula is C12H23ClNO3P. The van der Waals surface area contributed by atoms with Gasteiger partial charge < -0.3 is 9.05 Å². The number of aliphatic imine (C=N–C) groups is 1. The van der Waals surface area contributed by atoms with Crippen LogP contribution in [0.25, 0.3) is 0 Å². The molecule has 1 saturated carbocycles. The van der Waals surface area contributed by atoms with Gasteiger partial charge in [-0.2, -0.15) is 0 Å². The Labute approximate surface area is 115 Å². The number of alkyl halides is 1. The van der Waals surface area contributed by atoms with Gasteiger partial charge in [0, 0.05) is 6.21 Å². The average molecular weight is 296 g/mol. The van der Waals surface area contributed by atoms with Gasteiger partial charge in [-0.15, -0.1) is 11.6 Å². The van der Waals surface area contributed by atoms with Crippen molar-refractivity contribution < 1.29 is 13.6 Å². The summed E-state index contributed by atoms with van der Waals surface area (Å²) in [7, 11) is -3.07. The zero-order valence-corrected chi connectivity index (χ0v) is 12.9. The summed E-state index contributed by atoms with van der Waals surface area (Å²) in [5.74, 6) is 0. The highest BCUT2D eigenvalue weighted by Crippen LogP contribution is 2.48. The Morgan fingerprint density at radius 2 is 1.78 bits per heavy atom. The molecule has 6 heteroatoms. The Hall–Kier alpha value is 0.110. The summed E-state index contributed by atoms with van der Waals surface area (Å²) < 4.78 is 22.5. The van der Waals surface area contributed by atoms with Crippen molar-refractivity contribution in [2.24, 2.45) is 4.99 Å². The summed E-state index contributed by atoms with van der Waals surface area (Å²) in [5, 5.41) is 0. The van der Waals surface area contributed by atoms with Gasteiger partial charge in [-0.25, -0.2) is 0 Å². The van der Waals surface area contributed by atoms with Crippen molar-refractivity contribution in [3.05, 3.63) is 0 Å². The van der Waals surface area contributed by atoms with E-state index in [1.54, 1.807) is 20.1 Å². The van der Waals surface area contributed by atoms with E-state index in [1.165, 1.54) is 6.42 Å². The summed E-state index contributed by atoms with van der Waals surface area (Å²) in [4.78, 5) is 3.85. The van der Waals surface area contributed by atoms with E-state index in [0.717, 1.165) is 25.7 Å². The molecule has 0 N–H and O–H groups in total. The zero-order chi connectivity index (χ0) is 13.5. The molecule has 0 aromatic heterocycles. The van der Waals surface area contributed by atoms with Crippen LogP contribution >= 0.6 is 19.2 Å². The maximum absolute atomic E-state index is 12.2. The minimum atomic E-state index is -3.07. The van der Waals surface area contributed by atoms with Crippen molar-refractivity contribution in [1.82, 2.24) is 0 Å². The van der Waals surface area contributed by atoms with Crippen LogP contribution in [0.5, 0.6) is 0 Å². The molecule has 0 aliphatic heterocycles. The molecular weight excluding hydrogens is 273 g/mol. The van der Waals surface area contributed by atoms with Gasteiger partial charge in [-0.3, -0.25) is 9.56 Å². The van der Waals surface area contributed by atoms with Crippen LogP contribution in [0.2, 0.25) is 0 Å². The normalized spacial score (nSPS) is 20.4. The first-order valence-corrected chi connectivity index (χ1v) is 8.72. The van der Waals surface area contributed by atoms with Crippen LogP contribution in [-0.4, -0.2) is 30.6 Å². The van der Waals surface area contributed by atoms with E-state index in [4.69, 9.17) is 20.6 Å². The van der Waals surface area contributed by atoms with E-state index in [0.29, 0.717) is 13.2 Å². The van der Waals surface area contributed by atoms with Gasteiger partial charge in [0.15, 0.2) is 0 Å². The lowest BCUT2D eigenvalue weighted by Gasteiger charge is -2.27. The van der Waals surface area contributed by atoms with Gasteiger partial charge in [0.25, 0.3) is 0 Å².